The van der Waals surface area contributed by atoms with Crippen molar-refractivity contribution in [2.24, 2.45) is 5.92 Å². The van der Waals surface area contributed by atoms with Crippen LogP contribution in [0.3, 0.4) is 0 Å². The van der Waals surface area contributed by atoms with Gasteiger partial charge in [-0.1, -0.05) is 18.2 Å². The van der Waals surface area contributed by atoms with Crippen LogP contribution in [0.2, 0.25) is 0 Å². The highest BCUT2D eigenvalue weighted by molar-refractivity contribution is 6.04. The minimum atomic E-state index is -4.72. The van der Waals surface area contributed by atoms with Crippen LogP contribution in [0.25, 0.3) is 0 Å². The molecular formula is C22H21F3N2O4. The van der Waals surface area contributed by atoms with Gasteiger partial charge in [0, 0.05) is 24.3 Å². The van der Waals surface area contributed by atoms with Crippen molar-refractivity contribution >= 4 is 29.2 Å². The first kappa shape index (κ1) is 22.3. The molecule has 0 saturated carbocycles. The van der Waals surface area contributed by atoms with Crippen LogP contribution in [0, 0.1) is 19.8 Å². The van der Waals surface area contributed by atoms with E-state index >= 15 is 0 Å². The molecule has 0 bridgehead atoms. The van der Waals surface area contributed by atoms with E-state index in [1.165, 1.54) is 4.90 Å². The second-order valence-electron chi connectivity index (χ2n) is 7.42. The molecule has 9 heteroatoms. The van der Waals surface area contributed by atoms with Gasteiger partial charge in [-0.25, -0.2) is 4.79 Å². The Hall–Kier alpha value is -3.36. The number of aryl methyl sites for hydroxylation is 2. The molecule has 3 rings (SSSR count). The number of methoxy groups -OCH3 is 1. The van der Waals surface area contributed by atoms with Gasteiger partial charge < -0.3 is 15.0 Å². The van der Waals surface area contributed by atoms with Gasteiger partial charge in [0.1, 0.15) is 0 Å². The molecular weight excluding hydrogens is 413 g/mol. The Morgan fingerprint density at radius 1 is 1.13 bits per heavy atom. The maximum Gasteiger partial charge on any atom is 0.416 e. The SMILES string of the molecule is COC(=O)c1cc(NC(=O)C2CC(=O)N(c3c(C)cccc3C)C2)cc(C(F)(F)F)c1. The van der Waals surface area contributed by atoms with Gasteiger partial charge in [-0.2, -0.15) is 13.2 Å². The molecule has 2 amide bonds. The van der Waals surface area contributed by atoms with Crippen molar-refractivity contribution in [3.8, 4) is 0 Å². The zero-order valence-corrected chi connectivity index (χ0v) is 17.2. The van der Waals surface area contributed by atoms with Crippen LogP contribution >= 0.6 is 0 Å². The standard InChI is InChI=1S/C22H21F3N2O4/c1-12-5-4-6-13(2)19(12)27-11-15(9-18(27)28)20(29)26-17-8-14(21(30)31-3)7-16(10-17)22(23,24)25/h4-8,10,15H,9,11H2,1-3H3,(H,26,29). The first-order chi connectivity index (χ1) is 14.5. The zero-order chi connectivity index (χ0) is 22.9. The van der Waals surface area contributed by atoms with Crippen molar-refractivity contribution in [2.75, 3.05) is 23.9 Å². The molecule has 1 saturated heterocycles. The van der Waals surface area contributed by atoms with Crippen LogP contribution in [0.4, 0.5) is 24.5 Å². The van der Waals surface area contributed by atoms with E-state index in [1.54, 1.807) is 0 Å². The highest BCUT2D eigenvalue weighted by Crippen LogP contribution is 2.34. The van der Waals surface area contributed by atoms with Gasteiger partial charge in [0.25, 0.3) is 0 Å². The zero-order valence-electron chi connectivity index (χ0n) is 17.2. The van der Waals surface area contributed by atoms with Gasteiger partial charge in [0.15, 0.2) is 0 Å². The number of para-hydroxylation sites is 1. The van der Waals surface area contributed by atoms with E-state index in [2.05, 4.69) is 10.1 Å². The van der Waals surface area contributed by atoms with Gasteiger partial charge in [0.05, 0.1) is 24.2 Å². The molecule has 1 fully saturated rings. The Balaban J connectivity index is 1.83. The number of amides is 2. The van der Waals surface area contributed by atoms with E-state index in [4.69, 9.17) is 0 Å². The smallest absolute Gasteiger partial charge is 0.416 e. The van der Waals surface area contributed by atoms with Crippen molar-refractivity contribution in [3.05, 3.63) is 58.7 Å². The maximum atomic E-state index is 13.2. The summed E-state index contributed by atoms with van der Waals surface area (Å²) in [6, 6.07) is 8.10. The lowest BCUT2D eigenvalue weighted by molar-refractivity contribution is -0.137. The summed E-state index contributed by atoms with van der Waals surface area (Å²) in [5.41, 5.74) is 0.871. The minimum Gasteiger partial charge on any atom is -0.465 e. The molecule has 1 unspecified atom stereocenters. The summed E-state index contributed by atoms with van der Waals surface area (Å²) in [4.78, 5) is 38.6. The summed E-state index contributed by atoms with van der Waals surface area (Å²) < 4.78 is 44.1. The average Bonchev–Trinajstić information content (AvgIpc) is 3.08. The normalized spacial score (nSPS) is 16.4. The number of esters is 1. The summed E-state index contributed by atoms with van der Waals surface area (Å²) in [6.45, 7) is 3.83. The molecule has 2 aromatic rings. The molecule has 164 valence electrons. The van der Waals surface area contributed by atoms with Gasteiger partial charge in [-0.15, -0.1) is 0 Å². The largest absolute Gasteiger partial charge is 0.465 e. The number of hydrogen-bond donors (Lipinski definition) is 1. The second-order valence-corrected chi connectivity index (χ2v) is 7.42. The number of nitrogens with zero attached hydrogens (tertiary/aromatic N) is 1. The molecule has 0 aliphatic carbocycles. The Bertz CT molecular complexity index is 1030. The number of rotatable bonds is 4. The molecule has 1 atom stereocenters. The molecule has 0 spiro atoms. The van der Waals surface area contributed by atoms with Crippen LogP contribution in [0.15, 0.2) is 36.4 Å². The summed E-state index contributed by atoms with van der Waals surface area (Å²) in [5.74, 6) is -2.55. The molecule has 0 aromatic heterocycles. The number of benzene rings is 2. The van der Waals surface area contributed by atoms with Crippen LogP contribution in [0.1, 0.15) is 33.5 Å². The monoisotopic (exact) mass is 434 g/mol. The maximum absolute atomic E-state index is 13.2. The summed E-state index contributed by atoms with van der Waals surface area (Å²) in [5, 5.41) is 2.41. The minimum absolute atomic E-state index is 0.0670. The van der Waals surface area contributed by atoms with E-state index in [9.17, 15) is 27.6 Å². The average molecular weight is 434 g/mol. The molecule has 1 N–H and O–H groups in total. The van der Waals surface area contributed by atoms with Crippen molar-refractivity contribution < 1.29 is 32.3 Å². The molecule has 1 aliphatic rings. The van der Waals surface area contributed by atoms with Gasteiger partial charge >= 0.3 is 12.1 Å². The van der Waals surface area contributed by atoms with Gasteiger partial charge in [-0.05, 0) is 43.2 Å². The number of alkyl halides is 3. The first-order valence-corrected chi connectivity index (χ1v) is 9.49. The fourth-order valence-corrected chi connectivity index (χ4v) is 3.67. The van der Waals surface area contributed by atoms with E-state index in [-0.39, 0.29) is 30.1 Å². The van der Waals surface area contributed by atoms with E-state index in [0.29, 0.717) is 6.07 Å². The lowest BCUT2D eigenvalue weighted by Crippen LogP contribution is -2.29. The van der Waals surface area contributed by atoms with Crippen molar-refractivity contribution in [3.63, 3.8) is 0 Å². The lowest BCUT2D eigenvalue weighted by atomic mass is 10.1. The number of nitrogens with one attached hydrogen (secondary N) is 1. The third kappa shape index (κ3) is 4.70. The Kier molecular flexibility index (Phi) is 6.06. The fraction of sp³-hybridized carbons (Fsp3) is 0.318. The van der Waals surface area contributed by atoms with E-state index < -0.39 is 29.5 Å². The van der Waals surface area contributed by atoms with Crippen LogP contribution in [-0.4, -0.2) is 31.4 Å². The molecule has 31 heavy (non-hydrogen) atoms. The third-order valence-electron chi connectivity index (χ3n) is 5.15. The second kappa shape index (κ2) is 8.41. The number of ether oxygens (including phenoxy) is 1. The summed E-state index contributed by atoms with van der Waals surface area (Å²) >= 11 is 0. The van der Waals surface area contributed by atoms with Crippen LogP contribution in [0.5, 0.6) is 0 Å². The Morgan fingerprint density at radius 2 is 1.77 bits per heavy atom. The van der Waals surface area contributed by atoms with Gasteiger partial charge in [-0.3, -0.25) is 9.59 Å². The van der Waals surface area contributed by atoms with Crippen molar-refractivity contribution in [2.45, 2.75) is 26.4 Å². The van der Waals surface area contributed by atoms with E-state index in [0.717, 1.165) is 36.1 Å². The topological polar surface area (TPSA) is 75.7 Å². The predicted octanol–water partition coefficient (Wildman–Crippen LogP) is 4.10. The number of anilines is 2. The molecule has 1 aliphatic heterocycles. The molecule has 6 nitrogen and oxygen atoms in total. The number of hydrogen-bond acceptors (Lipinski definition) is 4. The highest BCUT2D eigenvalue weighted by atomic mass is 19.4. The van der Waals surface area contributed by atoms with E-state index in [1.807, 2.05) is 32.0 Å². The lowest BCUT2D eigenvalue weighted by Gasteiger charge is -2.21. The summed E-state index contributed by atoms with van der Waals surface area (Å²) in [6.07, 6.45) is -4.78. The predicted molar refractivity (Wildman–Crippen MR) is 108 cm³/mol. The van der Waals surface area contributed by atoms with Crippen LogP contribution in [-0.2, 0) is 20.5 Å². The molecule has 2 aromatic carbocycles. The third-order valence-corrected chi connectivity index (χ3v) is 5.15. The van der Waals surface area contributed by atoms with Gasteiger partial charge in [0.2, 0.25) is 11.8 Å². The number of carbonyl (C=O) groups excluding carboxylic acids is 3. The Labute approximate surface area is 177 Å². The Morgan fingerprint density at radius 3 is 2.35 bits per heavy atom. The van der Waals surface area contributed by atoms with Crippen LogP contribution < -0.4 is 10.2 Å². The highest BCUT2D eigenvalue weighted by Gasteiger charge is 2.37. The first-order valence-electron chi connectivity index (χ1n) is 9.49. The fourth-order valence-electron chi connectivity index (χ4n) is 3.67. The quantitative estimate of drug-likeness (QED) is 0.736. The molecule has 1 heterocycles. The number of halogens is 3. The summed E-state index contributed by atoms with van der Waals surface area (Å²) in [7, 11) is 1.05. The number of carbonyl (C=O) groups is 3. The van der Waals surface area contributed by atoms with Crippen molar-refractivity contribution in [1.82, 2.24) is 0 Å². The molecule has 0 radical (unpaired) electrons. The van der Waals surface area contributed by atoms with Crippen molar-refractivity contribution in [1.29, 1.82) is 0 Å².